The Labute approximate surface area is 168 Å². The first-order valence-corrected chi connectivity index (χ1v) is 11.6. The van der Waals surface area contributed by atoms with Gasteiger partial charge in [0.15, 0.2) is 4.90 Å². The van der Waals surface area contributed by atoms with E-state index >= 15 is 0 Å². The van der Waals surface area contributed by atoms with Gasteiger partial charge in [0.25, 0.3) is 15.7 Å². The van der Waals surface area contributed by atoms with Crippen molar-refractivity contribution in [3.05, 3.63) is 52.7 Å². The van der Waals surface area contributed by atoms with Gasteiger partial charge in [-0.2, -0.15) is 4.31 Å². The zero-order valence-electron chi connectivity index (χ0n) is 15.2. The highest BCUT2D eigenvalue weighted by Crippen LogP contribution is 2.23. The quantitative estimate of drug-likeness (QED) is 0.484. The lowest BCUT2D eigenvalue weighted by Gasteiger charge is -2.25. The molecule has 2 heterocycles. The summed E-state index contributed by atoms with van der Waals surface area (Å²) in [7, 11) is -7.91. The number of hydrogen-bond acceptors (Lipinski definition) is 8. The first-order valence-electron chi connectivity index (χ1n) is 8.69. The van der Waals surface area contributed by atoms with Crippen molar-refractivity contribution in [1.29, 1.82) is 0 Å². The summed E-state index contributed by atoms with van der Waals surface area (Å²) in [4.78, 5) is 15.6. The largest absolute Gasteiger partial charge is 0.292 e. The number of hydrazine groups is 1. The zero-order chi connectivity index (χ0) is 21.1. The maximum absolute atomic E-state index is 12.6. The number of nitrogens with one attached hydrogen (secondary N) is 2. The minimum absolute atomic E-state index is 0.00602. The summed E-state index contributed by atoms with van der Waals surface area (Å²) in [6.45, 7) is 0.913. The van der Waals surface area contributed by atoms with Crippen molar-refractivity contribution in [2.24, 2.45) is 0 Å². The van der Waals surface area contributed by atoms with E-state index in [0.717, 1.165) is 37.6 Å². The predicted molar refractivity (Wildman–Crippen MR) is 104 cm³/mol. The fourth-order valence-electron chi connectivity index (χ4n) is 2.87. The smallest absolute Gasteiger partial charge is 0.289 e. The van der Waals surface area contributed by atoms with Gasteiger partial charge in [-0.3, -0.25) is 15.5 Å². The maximum atomic E-state index is 12.6. The summed E-state index contributed by atoms with van der Waals surface area (Å²) >= 11 is 0. The predicted octanol–water partition coefficient (Wildman–Crippen LogP) is 1.47. The third-order valence-corrected chi connectivity index (χ3v) is 7.53. The highest BCUT2D eigenvalue weighted by Gasteiger charge is 2.27. The number of anilines is 1. The van der Waals surface area contributed by atoms with Crippen LogP contribution in [0.3, 0.4) is 0 Å². The van der Waals surface area contributed by atoms with Crippen LogP contribution < -0.4 is 10.3 Å². The molecule has 156 valence electrons. The molecule has 3 rings (SSSR count). The Morgan fingerprint density at radius 2 is 1.69 bits per heavy atom. The summed E-state index contributed by atoms with van der Waals surface area (Å²) in [5, 5.41) is 11.0. The fraction of sp³-hybridized carbons (Fsp3) is 0.312. The van der Waals surface area contributed by atoms with Gasteiger partial charge in [-0.15, -0.1) is 4.83 Å². The van der Waals surface area contributed by atoms with Crippen LogP contribution in [0.2, 0.25) is 0 Å². The van der Waals surface area contributed by atoms with E-state index in [1.54, 1.807) is 0 Å². The third-order valence-electron chi connectivity index (χ3n) is 4.35. The van der Waals surface area contributed by atoms with Crippen LogP contribution in [0.15, 0.2) is 52.4 Å². The number of sulfonamides is 2. The molecule has 0 saturated carbocycles. The van der Waals surface area contributed by atoms with Gasteiger partial charge in [0, 0.05) is 25.4 Å². The lowest BCUT2D eigenvalue weighted by Crippen LogP contribution is -2.35. The molecule has 1 aromatic heterocycles. The van der Waals surface area contributed by atoms with Crippen LogP contribution in [0.1, 0.15) is 19.3 Å². The number of hydrogen-bond donors (Lipinski definition) is 2. The number of benzene rings is 1. The summed E-state index contributed by atoms with van der Waals surface area (Å²) in [5.74, 6) is 0.0322. The molecule has 0 spiro atoms. The maximum Gasteiger partial charge on any atom is 0.289 e. The summed E-state index contributed by atoms with van der Waals surface area (Å²) < 4.78 is 51.3. The normalized spacial score (nSPS) is 15.7. The van der Waals surface area contributed by atoms with E-state index in [4.69, 9.17) is 0 Å². The number of rotatable bonds is 7. The van der Waals surface area contributed by atoms with E-state index in [9.17, 15) is 26.9 Å². The Morgan fingerprint density at radius 3 is 2.31 bits per heavy atom. The van der Waals surface area contributed by atoms with Gasteiger partial charge < -0.3 is 0 Å². The Bertz CT molecular complexity index is 1100. The average molecular weight is 441 g/mol. The number of para-hydroxylation sites is 1. The molecule has 0 unspecified atom stereocenters. The van der Waals surface area contributed by atoms with Crippen molar-refractivity contribution in [3.8, 4) is 0 Å². The van der Waals surface area contributed by atoms with Gasteiger partial charge in [0.05, 0.1) is 4.92 Å². The van der Waals surface area contributed by atoms with Crippen molar-refractivity contribution in [2.75, 3.05) is 18.5 Å². The van der Waals surface area contributed by atoms with Crippen LogP contribution in [-0.2, 0) is 20.0 Å². The molecule has 11 nitrogen and oxygen atoms in total. The van der Waals surface area contributed by atoms with E-state index in [0.29, 0.717) is 13.1 Å². The number of piperidine rings is 1. The minimum Gasteiger partial charge on any atom is -0.292 e. The Balaban J connectivity index is 1.73. The monoisotopic (exact) mass is 441 g/mol. The van der Waals surface area contributed by atoms with Gasteiger partial charge in [0.1, 0.15) is 10.7 Å². The van der Waals surface area contributed by atoms with E-state index in [1.165, 1.54) is 28.6 Å². The second kappa shape index (κ2) is 8.41. The molecule has 1 aliphatic rings. The molecule has 0 atom stereocenters. The number of nitrogens with zero attached hydrogens (tertiary/aromatic N) is 3. The van der Waals surface area contributed by atoms with Crippen molar-refractivity contribution in [1.82, 2.24) is 14.1 Å². The first-order chi connectivity index (χ1) is 13.7. The lowest BCUT2D eigenvalue weighted by molar-refractivity contribution is -0.387. The van der Waals surface area contributed by atoms with Crippen molar-refractivity contribution in [3.63, 3.8) is 0 Å². The standard InChI is InChI=1S/C16H19N5O6S2/c22-21(23)14-6-2-3-7-15(14)28(24,25)19-18-16-9-8-13(12-17-16)29(26,27)20-10-4-1-5-11-20/h2-3,6-9,12,19H,1,4-5,10-11H2,(H,17,18). The fourth-order valence-corrected chi connectivity index (χ4v) is 5.36. The lowest BCUT2D eigenvalue weighted by atomic mass is 10.2. The second-order valence-electron chi connectivity index (χ2n) is 6.30. The molecular weight excluding hydrogens is 422 g/mol. The topological polar surface area (TPSA) is 152 Å². The van der Waals surface area contributed by atoms with Gasteiger partial charge in [0.2, 0.25) is 10.0 Å². The molecule has 2 aromatic rings. The van der Waals surface area contributed by atoms with E-state index in [2.05, 4.69) is 10.4 Å². The average Bonchev–Trinajstić information content (AvgIpc) is 2.73. The van der Waals surface area contributed by atoms with Crippen LogP contribution >= 0.6 is 0 Å². The molecule has 1 fully saturated rings. The highest BCUT2D eigenvalue weighted by molar-refractivity contribution is 7.89. The number of pyridine rings is 1. The minimum atomic E-state index is -4.26. The van der Waals surface area contributed by atoms with Crippen LogP contribution in [0.4, 0.5) is 11.5 Å². The molecule has 1 aliphatic heterocycles. The molecule has 29 heavy (non-hydrogen) atoms. The van der Waals surface area contributed by atoms with E-state index in [-0.39, 0.29) is 10.7 Å². The molecule has 1 aromatic carbocycles. The Morgan fingerprint density at radius 1 is 1.00 bits per heavy atom. The Hall–Kier alpha value is -2.61. The van der Waals surface area contributed by atoms with Crippen LogP contribution in [0.5, 0.6) is 0 Å². The number of nitro groups is 1. The molecule has 2 N–H and O–H groups in total. The van der Waals surface area contributed by atoms with Crippen LogP contribution in [0, 0.1) is 10.1 Å². The number of aromatic nitrogens is 1. The molecule has 0 aliphatic carbocycles. The molecule has 0 radical (unpaired) electrons. The summed E-state index contributed by atoms with van der Waals surface area (Å²) in [6.07, 6.45) is 3.73. The van der Waals surface area contributed by atoms with Crippen molar-refractivity contribution < 1.29 is 21.8 Å². The van der Waals surface area contributed by atoms with Gasteiger partial charge in [-0.25, -0.2) is 21.8 Å². The highest BCUT2D eigenvalue weighted by atomic mass is 32.2. The second-order valence-corrected chi connectivity index (χ2v) is 9.89. The number of nitro benzene ring substituents is 1. The summed E-state index contributed by atoms with van der Waals surface area (Å²) in [6, 6.07) is 7.52. The van der Waals surface area contributed by atoms with Crippen LogP contribution in [0.25, 0.3) is 0 Å². The van der Waals surface area contributed by atoms with Gasteiger partial charge in [-0.1, -0.05) is 18.6 Å². The van der Waals surface area contributed by atoms with E-state index < -0.39 is 35.6 Å². The SMILES string of the molecule is O=[N+]([O-])c1ccccc1S(=O)(=O)NNc1ccc(S(=O)(=O)N2CCCCC2)cn1. The van der Waals surface area contributed by atoms with Crippen molar-refractivity contribution >= 4 is 31.6 Å². The van der Waals surface area contributed by atoms with Gasteiger partial charge in [-0.05, 0) is 31.0 Å². The van der Waals surface area contributed by atoms with E-state index in [1.807, 2.05) is 4.83 Å². The first kappa shape index (κ1) is 21.1. The van der Waals surface area contributed by atoms with Crippen LogP contribution in [-0.4, -0.2) is 44.1 Å². The molecule has 0 bridgehead atoms. The van der Waals surface area contributed by atoms with Gasteiger partial charge >= 0.3 is 0 Å². The molecule has 13 heteroatoms. The zero-order valence-corrected chi connectivity index (χ0v) is 16.8. The van der Waals surface area contributed by atoms with Crippen molar-refractivity contribution in [2.45, 2.75) is 29.1 Å². The summed E-state index contributed by atoms with van der Waals surface area (Å²) in [5.41, 5.74) is 1.76. The molecular formula is C16H19N5O6S2. The third kappa shape index (κ3) is 4.70. The molecule has 0 amide bonds. The molecule has 1 saturated heterocycles. The Kier molecular flexibility index (Phi) is 6.12.